The molecule has 0 aromatic heterocycles. The fourth-order valence-corrected chi connectivity index (χ4v) is 6.19. The van der Waals surface area contributed by atoms with Crippen molar-refractivity contribution < 1.29 is 50.7 Å². The van der Waals surface area contributed by atoms with Gasteiger partial charge in [-0.3, -0.25) is 18.7 Å². The standard InChI is InChI=1S/C17H38N2O11P2S/c1-9-19(29-10-11-31(21,22)30-32(23,24)25)17(7,8)16(5,6)13(2)14(20)18-15(3,4)12-33(26,27)28/h13H,9-12H2,1-8H3,(H,18,20)(H,21,22)(H2,23,24,25)(H,26,27,28). The van der Waals surface area contributed by atoms with Crippen molar-refractivity contribution in [1.82, 2.24) is 10.4 Å². The Bertz CT molecular complexity index is 883. The van der Waals surface area contributed by atoms with Crippen molar-refractivity contribution in [3.8, 4) is 0 Å². The van der Waals surface area contributed by atoms with Crippen LogP contribution in [0.1, 0.15) is 55.4 Å². The number of carbonyl (C=O) groups is 1. The van der Waals surface area contributed by atoms with Crippen LogP contribution < -0.4 is 5.32 Å². The highest BCUT2D eigenvalue weighted by Crippen LogP contribution is 2.56. The molecule has 0 aliphatic carbocycles. The van der Waals surface area contributed by atoms with E-state index in [1.807, 2.05) is 0 Å². The molecule has 2 atom stereocenters. The van der Waals surface area contributed by atoms with Crippen LogP contribution in [0.15, 0.2) is 0 Å². The van der Waals surface area contributed by atoms with Crippen molar-refractivity contribution in [1.29, 1.82) is 0 Å². The van der Waals surface area contributed by atoms with Crippen LogP contribution in [0, 0.1) is 11.3 Å². The Labute approximate surface area is 195 Å². The number of nitrogens with one attached hydrogen (secondary N) is 1. The summed E-state index contributed by atoms with van der Waals surface area (Å²) in [5.74, 6) is -1.79. The first-order valence-corrected chi connectivity index (χ1v) is 15.0. The topological polar surface area (TPSA) is 200 Å². The van der Waals surface area contributed by atoms with Crippen molar-refractivity contribution >= 4 is 31.4 Å². The van der Waals surface area contributed by atoms with Crippen LogP contribution in [0.3, 0.4) is 0 Å². The molecule has 198 valence electrons. The molecule has 0 rings (SSSR count). The first kappa shape index (κ1) is 32.6. The van der Waals surface area contributed by atoms with Crippen molar-refractivity contribution in [2.45, 2.75) is 66.5 Å². The van der Waals surface area contributed by atoms with E-state index in [4.69, 9.17) is 19.2 Å². The lowest BCUT2D eigenvalue weighted by Gasteiger charge is -2.50. The second-order valence-electron chi connectivity index (χ2n) is 9.56. The Morgan fingerprint density at radius 1 is 1.09 bits per heavy atom. The van der Waals surface area contributed by atoms with E-state index in [0.717, 1.165) is 0 Å². The number of carbonyl (C=O) groups excluding carboxylic acids is 1. The van der Waals surface area contributed by atoms with E-state index in [1.54, 1.807) is 41.5 Å². The molecule has 0 spiro atoms. The Kier molecular flexibility index (Phi) is 11.0. The zero-order valence-corrected chi connectivity index (χ0v) is 22.9. The van der Waals surface area contributed by atoms with E-state index < -0.39 is 65.8 Å². The van der Waals surface area contributed by atoms with E-state index in [2.05, 4.69) is 9.63 Å². The summed E-state index contributed by atoms with van der Waals surface area (Å²) in [5.41, 5.74) is -2.87. The van der Waals surface area contributed by atoms with Gasteiger partial charge in [0, 0.05) is 18.0 Å². The van der Waals surface area contributed by atoms with Gasteiger partial charge < -0.3 is 20.0 Å². The molecule has 33 heavy (non-hydrogen) atoms. The monoisotopic (exact) mass is 540 g/mol. The quantitative estimate of drug-likeness (QED) is 0.122. The van der Waals surface area contributed by atoms with Gasteiger partial charge in [0.25, 0.3) is 10.1 Å². The number of rotatable bonds is 14. The fraction of sp³-hybridized carbons (Fsp3) is 0.941. The number of hydroxylamine groups is 2. The maximum Gasteiger partial charge on any atom is 0.476 e. The molecule has 0 aromatic rings. The van der Waals surface area contributed by atoms with Crippen molar-refractivity contribution in [3.05, 3.63) is 0 Å². The van der Waals surface area contributed by atoms with Gasteiger partial charge >= 0.3 is 15.4 Å². The first-order valence-electron chi connectivity index (χ1n) is 10.1. The Balaban J connectivity index is 5.44. The van der Waals surface area contributed by atoms with Gasteiger partial charge in [-0.2, -0.15) is 13.5 Å². The van der Waals surface area contributed by atoms with Crippen molar-refractivity contribution in [2.75, 3.05) is 25.1 Å². The highest BCUT2D eigenvalue weighted by molar-refractivity contribution is 7.85. The van der Waals surface area contributed by atoms with Crippen LogP contribution in [-0.4, -0.2) is 74.8 Å². The van der Waals surface area contributed by atoms with Crippen LogP contribution in [0.25, 0.3) is 0 Å². The largest absolute Gasteiger partial charge is 0.476 e. The predicted octanol–water partition coefficient (Wildman–Crippen LogP) is 1.76. The molecule has 0 fully saturated rings. The zero-order chi connectivity index (χ0) is 26.7. The summed E-state index contributed by atoms with van der Waals surface area (Å²) in [6.45, 7) is 13.4. The highest BCUT2D eigenvalue weighted by Gasteiger charge is 2.48. The van der Waals surface area contributed by atoms with Crippen LogP contribution in [0.5, 0.6) is 0 Å². The molecule has 5 N–H and O–H groups in total. The third kappa shape index (κ3) is 10.8. The van der Waals surface area contributed by atoms with Crippen LogP contribution >= 0.6 is 15.4 Å². The third-order valence-corrected chi connectivity index (χ3v) is 9.53. The highest BCUT2D eigenvalue weighted by atomic mass is 32.2. The molecular formula is C17H38N2O11P2S. The van der Waals surface area contributed by atoms with Gasteiger partial charge in [0.05, 0.1) is 24.1 Å². The molecule has 0 aromatic carbocycles. The number of phosphoric acid groups is 1. The molecule has 13 nitrogen and oxygen atoms in total. The van der Waals surface area contributed by atoms with Gasteiger partial charge in [-0.05, 0) is 33.1 Å². The summed E-state index contributed by atoms with van der Waals surface area (Å²) >= 11 is 0. The zero-order valence-electron chi connectivity index (χ0n) is 20.3. The van der Waals surface area contributed by atoms with E-state index in [1.165, 1.54) is 18.9 Å². The SMILES string of the molecule is CCN(OCCP(=O)(O)OP(=O)(O)O)C(C)(C)C(C)(C)C(C)C(=O)NC(C)(C)CS(=O)(=O)O. The Hall–Kier alpha value is -0.400. The van der Waals surface area contributed by atoms with Crippen molar-refractivity contribution in [2.24, 2.45) is 11.3 Å². The minimum absolute atomic E-state index is 0.300. The molecular weight excluding hydrogens is 502 g/mol. The Morgan fingerprint density at radius 3 is 1.97 bits per heavy atom. The van der Waals surface area contributed by atoms with Crippen molar-refractivity contribution in [3.63, 3.8) is 0 Å². The van der Waals surface area contributed by atoms with Gasteiger partial charge in [-0.15, -0.1) is 0 Å². The minimum Gasteiger partial charge on any atom is -0.350 e. The molecule has 16 heteroatoms. The van der Waals surface area contributed by atoms with Gasteiger partial charge in [-0.25, -0.2) is 8.88 Å². The van der Waals surface area contributed by atoms with Crippen LogP contribution in [-0.2, 0) is 33.2 Å². The smallest absolute Gasteiger partial charge is 0.350 e. The van der Waals surface area contributed by atoms with Gasteiger partial charge in [0.15, 0.2) is 0 Å². The lowest BCUT2D eigenvalue weighted by atomic mass is 9.66. The van der Waals surface area contributed by atoms with E-state index in [-0.39, 0.29) is 6.61 Å². The Morgan fingerprint density at radius 2 is 1.58 bits per heavy atom. The molecule has 0 radical (unpaired) electrons. The summed E-state index contributed by atoms with van der Waals surface area (Å²) in [4.78, 5) is 45.6. The predicted molar refractivity (Wildman–Crippen MR) is 122 cm³/mol. The van der Waals surface area contributed by atoms with Crippen LogP contribution in [0.2, 0.25) is 0 Å². The normalized spacial score (nSPS) is 17.0. The van der Waals surface area contributed by atoms with E-state index in [9.17, 15) is 27.2 Å². The summed E-state index contributed by atoms with van der Waals surface area (Å²) < 4.78 is 58.1. The third-order valence-electron chi connectivity index (χ3n) is 5.82. The summed E-state index contributed by atoms with van der Waals surface area (Å²) in [7, 11) is -14.1. The van der Waals surface area contributed by atoms with Crippen LogP contribution in [0.4, 0.5) is 0 Å². The molecule has 1 amide bonds. The molecule has 2 unspecified atom stereocenters. The average Bonchev–Trinajstić information content (AvgIpc) is 2.52. The molecule has 0 aliphatic heterocycles. The maximum absolute atomic E-state index is 12.9. The summed E-state index contributed by atoms with van der Waals surface area (Å²) in [6, 6.07) is 0. The fourth-order valence-electron chi connectivity index (χ4n) is 3.23. The van der Waals surface area contributed by atoms with Gasteiger partial charge in [0.1, 0.15) is 0 Å². The lowest BCUT2D eigenvalue weighted by molar-refractivity contribution is -0.241. The molecule has 0 saturated heterocycles. The second kappa shape index (κ2) is 11.1. The summed E-state index contributed by atoms with van der Waals surface area (Å²) in [5, 5.41) is 4.12. The molecule has 0 heterocycles. The average molecular weight is 541 g/mol. The van der Waals surface area contributed by atoms with Gasteiger partial charge in [0.2, 0.25) is 5.91 Å². The maximum atomic E-state index is 12.9. The summed E-state index contributed by atoms with van der Waals surface area (Å²) in [6.07, 6.45) is -0.676. The number of hydrogen-bond donors (Lipinski definition) is 5. The van der Waals surface area contributed by atoms with E-state index in [0.29, 0.717) is 6.54 Å². The number of nitrogens with zero attached hydrogens (tertiary/aromatic N) is 1. The number of hydrogen-bond acceptors (Lipinski definition) is 8. The number of amides is 1. The first-order chi connectivity index (χ1) is 14.4. The molecule has 0 bridgehead atoms. The second-order valence-corrected chi connectivity index (χ2v) is 14.4. The molecule has 0 aliphatic rings. The minimum atomic E-state index is -5.15. The van der Waals surface area contributed by atoms with E-state index >= 15 is 0 Å². The molecule has 0 saturated carbocycles. The lowest BCUT2D eigenvalue weighted by Crippen LogP contribution is -2.60. The van der Waals surface area contributed by atoms with Gasteiger partial charge in [-0.1, -0.05) is 27.7 Å².